The summed E-state index contributed by atoms with van der Waals surface area (Å²) in [5.41, 5.74) is 2.71. The molecule has 16 heavy (non-hydrogen) atoms. The average Bonchev–Trinajstić information content (AvgIpc) is 2.86. The molecule has 0 aliphatic carbocycles. The molecule has 4 nitrogen and oxygen atoms in total. The minimum absolute atomic E-state index is 0.476. The number of hydrogen-bond acceptors (Lipinski definition) is 3. The summed E-state index contributed by atoms with van der Waals surface area (Å²) in [5, 5.41) is 3.67. The molecule has 4 heteroatoms. The maximum Gasteiger partial charge on any atom is 0.0949 e. The Hall–Kier alpha value is -0.870. The Balaban J connectivity index is 1.94. The van der Waals surface area contributed by atoms with Crippen LogP contribution in [0, 0.1) is 0 Å². The van der Waals surface area contributed by atoms with Crippen LogP contribution >= 0.6 is 0 Å². The Morgan fingerprint density at radius 3 is 3.06 bits per heavy atom. The topological polar surface area (TPSA) is 33.1 Å². The first-order valence-corrected chi connectivity index (χ1v) is 6.21. The maximum atomic E-state index is 4.51. The molecule has 0 bridgehead atoms. The van der Waals surface area contributed by atoms with Gasteiger partial charge < -0.3 is 14.8 Å². The van der Waals surface area contributed by atoms with Crippen molar-refractivity contribution in [1.82, 2.24) is 19.8 Å². The van der Waals surface area contributed by atoms with Gasteiger partial charge in [-0.15, -0.1) is 0 Å². The van der Waals surface area contributed by atoms with Gasteiger partial charge in [0, 0.05) is 26.1 Å². The van der Waals surface area contributed by atoms with E-state index in [4.69, 9.17) is 0 Å². The lowest BCUT2D eigenvalue weighted by molar-refractivity contribution is 0.235. The molecule has 3 heterocycles. The van der Waals surface area contributed by atoms with E-state index < -0.39 is 0 Å². The van der Waals surface area contributed by atoms with E-state index in [1.807, 2.05) is 6.33 Å². The fraction of sp³-hybridized carbons (Fsp3) is 0.750. The summed E-state index contributed by atoms with van der Waals surface area (Å²) in [4.78, 5) is 6.99. The molecule has 88 valence electrons. The molecule has 0 aromatic carbocycles. The first kappa shape index (κ1) is 10.3. The van der Waals surface area contributed by atoms with Crippen molar-refractivity contribution in [1.29, 1.82) is 0 Å². The number of nitrogens with zero attached hydrogens (tertiary/aromatic N) is 3. The molecule has 1 aromatic heterocycles. The first-order chi connectivity index (χ1) is 7.77. The van der Waals surface area contributed by atoms with Gasteiger partial charge >= 0.3 is 0 Å². The molecule has 0 saturated carbocycles. The normalized spacial score (nSPS) is 30.6. The summed E-state index contributed by atoms with van der Waals surface area (Å²) in [6.07, 6.45) is 5.66. The minimum atomic E-state index is 0.476. The monoisotopic (exact) mass is 220 g/mol. The van der Waals surface area contributed by atoms with Gasteiger partial charge in [-0.2, -0.15) is 0 Å². The number of fused-ring (bicyclic) bond motifs is 1. The summed E-state index contributed by atoms with van der Waals surface area (Å²) >= 11 is 0. The van der Waals surface area contributed by atoms with Gasteiger partial charge in [0.15, 0.2) is 0 Å². The van der Waals surface area contributed by atoms with E-state index in [1.165, 1.54) is 30.8 Å². The predicted molar refractivity (Wildman–Crippen MR) is 63.3 cm³/mol. The van der Waals surface area contributed by atoms with Crippen LogP contribution in [0.15, 0.2) is 6.33 Å². The third kappa shape index (κ3) is 1.48. The second-order valence-corrected chi connectivity index (χ2v) is 5.06. The molecule has 2 aliphatic heterocycles. The van der Waals surface area contributed by atoms with Gasteiger partial charge in [-0.1, -0.05) is 0 Å². The number of aryl methyl sites for hydroxylation is 1. The van der Waals surface area contributed by atoms with Crippen LogP contribution in [0.3, 0.4) is 0 Å². The van der Waals surface area contributed by atoms with Crippen molar-refractivity contribution >= 4 is 0 Å². The van der Waals surface area contributed by atoms with Crippen molar-refractivity contribution in [2.24, 2.45) is 7.05 Å². The lowest BCUT2D eigenvalue weighted by Crippen LogP contribution is -2.43. The van der Waals surface area contributed by atoms with Gasteiger partial charge in [0.1, 0.15) is 0 Å². The molecule has 1 N–H and O–H groups in total. The maximum absolute atomic E-state index is 4.51. The zero-order chi connectivity index (χ0) is 11.1. The van der Waals surface area contributed by atoms with Gasteiger partial charge in [-0.3, -0.25) is 0 Å². The van der Waals surface area contributed by atoms with Crippen LogP contribution in [0.2, 0.25) is 0 Å². The van der Waals surface area contributed by atoms with Crippen LogP contribution < -0.4 is 5.32 Å². The van der Waals surface area contributed by atoms with Crippen molar-refractivity contribution in [3.8, 4) is 0 Å². The Labute approximate surface area is 96.7 Å². The van der Waals surface area contributed by atoms with Gasteiger partial charge in [-0.25, -0.2) is 4.98 Å². The zero-order valence-corrected chi connectivity index (χ0v) is 10.1. The highest BCUT2D eigenvalue weighted by atomic mass is 15.2. The molecule has 1 aromatic rings. The van der Waals surface area contributed by atoms with E-state index in [-0.39, 0.29) is 0 Å². The number of rotatable bonds is 1. The standard InChI is InChI=1S/C12H20N4/c1-15-7-3-4-10(15)11-12-9(5-6-13-11)14-8-16(12)2/h8,10-11,13H,3-7H2,1-2H3. The number of imidazole rings is 1. The lowest BCUT2D eigenvalue weighted by Gasteiger charge is -2.33. The summed E-state index contributed by atoms with van der Waals surface area (Å²) in [7, 11) is 4.35. The zero-order valence-electron chi connectivity index (χ0n) is 10.1. The lowest BCUT2D eigenvalue weighted by atomic mass is 9.96. The van der Waals surface area contributed by atoms with E-state index in [2.05, 4.69) is 33.9 Å². The molecule has 0 amide bonds. The summed E-state index contributed by atoms with van der Waals surface area (Å²) in [5.74, 6) is 0. The summed E-state index contributed by atoms with van der Waals surface area (Å²) in [6, 6.07) is 1.12. The number of likely N-dealkylation sites (N-methyl/N-ethyl adjacent to an activating group) is 1. The molecule has 2 aliphatic rings. The largest absolute Gasteiger partial charge is 0.336 e. The van der Waals surface area contributed by atoms with E-state index in [0.29, 0.717) is 12.1 Å². The quantitative estimate of drug-likeness (QED) is 0.756. The molecular formula is C12H20N4. The van der Waals surface area contributed by atoms with Crippen LogP contribution in [0.4, 0.5) is 0 Å². The molecule has 1 fully saturated rings. The van der Waals surface area contributed by atoms with E-state index in [0.717, 1.165) is 13.0 Å². The Morgan fingerprint density at radius 1 is 1.44 bits per heavy atom. The SMILES string of the molecule is CN1CCCC1C1NCCc2ncn(C)c21. The van der Waals surface area contributed by atoms with E-state index >= 15 is 0 Å². The predicted octanol–water partition coefficient (Wildman–Crippen LogP) is 0.701. The van der Waals surface area contributed by atoms with Crippen LogP contribution in [0.1, 0.15) is 30.3 Å². The van der Waals surface area contributed by atoms with Crippen molar-refractivity contribution in [3.63, 3.8) is 0 Å². The minimum Gasteiger partial charge on any atom is -0.336 e. The molecule has 1 saturated heterocycles. The third-order valence-corrected chi connectivity index (χ3v) is 4.04. The van der Waals surface area contributed by atoms with Crippen LogP contribution in [-0.2, 0) is 13.5 Å². The van der Waals surface area contributed by atoms with Gasteiger partial charge in [0.05, 0.1) is 23.8 Å². The summed E-state index contributed by atoms with van der Waals surface area (Å²) < 4.78 is 2.19. The van der Waals surface area contributed by atoms with Crippen LogP contribution in [-0.4, -0.2) is 40.6 Å². The molecule has 0 radical (unpaired) electrons. The molecule has 0 spiro atoms. The fourth-order valence-electron chi connectivity index (χ4n) is 3.20. The van der Waals surface area contributed by atoms with Crippen LogP contribution in [0.25, 0.3) is 0 Å². The number of aromatic nitrogens is 2. The first-order valence-electron chi connectivity index (χ1n) is 6.21. The highest BCUT2D eigenvalue weighted by Crippen LogP contribution is 2.31. The Kier molecular flexibility index (Phi) is 2.48. The average molecular weight is 220 g/mol. The number of likely N-dealkylation sites (tertiary alicyclic amines) is 1. The number of nitrogens with one attached hydrogen (secondary N) is 1. The van der Waals surface area contributed by atoms with E-state index in [1.54, 1.807) is 0 Å². The third-order valence-electron chi connectivity index (χ3n) is 4.04. The summed E-state index contributed by atoms with van der Waals surface area (Å²) in [6.45, 7) is 2.30. The van der Waals surface area contributed by atoms with Crippen molar-refractivity contribution < 1.29 is 0 Å². The van der Waals surface area contributed by atoms with Gasteiger partial charge in [0.2, 0.25) is 0 Å². The Bertz CT molecular complexity index is 384. The van der Waals surface area contributed by atoms with Crippen molar-refractivity contribution in [2.75, 3.05) is 20.1 Å². The molecule has 3 rings (SSSR count). The fourth-order valence-corrected chi connectivity index (χ4v) is 3.20. The smallest absolute Gasteiger partial charge is 0.0949 e. The molecule has 2 atom stereocenters. The van der Waals surface area contributed by atoms with Crippen LogP contribution in [0.5, 0.6) is 0 Å². The number of hydrogen-bond donors (Lipinski definition) is 1. The second-order valence-electron chi connectivity index (χ2n) is 5.06. The Morgan fingerprint density at radius 2 is 2.31 bits per heavy atom. The van der Waals surface area contributed by atoms with Gasteiger partial charge in [0.25, 0.3) is 0 Å². The molecular weight excluding hydrogens is 200 g/mol. The van der Waals surface area contributed by atoms with Crippen molar-refractivity contribution in [3.05, 3.63) is 17.7 Å². The van der Waals surface area contributed by atoms with Crippen molar-refractivity contribution in [2.45, 2.75) is 31.3 Å². The van der Waals surface area contributed by atoms with Gasteiger partial charge in [-0.05, 0) is 26.4 Å². The highest BCUT2D eigenvalue weighted by molar-refractivity contribution is 5.23. The second kappa shape index (κ2) is 3.86. The highest BCUT2D eigenvalue weighted by Gasteiger charge is 2.35. The molecule has 2 unspecified atom stereocenters. The van der Waals surface area contributed by atoms with E-state index in [9.17, 15) is 0 Å².